The number of hydrogen-bond acceptors (Lipinski definition) is 10. The molecule has 4 rings (SSSR count). The summed E-state index contributed by atoms with van der Waals surface area (Å²) in [5, 5.41) is 28.2. The van der Waals surface area contributed by atoms with Crippen LogP contribution in [0.3, 0.4) is 0 Å². The largest absolute Gasteiger partial charge is 0.336 e. The number of amides is 4. The van der Waals surface area contributed by atoms with Crippen LogP contribution in [-0.2, 0) is 0 Å². The van der Waals surface area contributed by atoms with Crippen molar-refractivity contribution < 1.29 is 9.59 Å². The number of hydrogen-bond donors (Lipinski definition) is 4. The van der Waals surface area contributed by atoms with E-state index >= 15 is 0 Å². The van der Waals surface area contributed by atoms with Gasteiger partial charge in [-0.1, -0.05) is 34.8 Å². The van der Waals surface area contributed by atoms with Crippen molar-refractivity contribution in [3.8, 4) is 21.4 Å². The number of aromatic nitrogens is 6. The van der Waals surface area contributed by atoms with Crippen molar-refractivity contribution in [2.45, 2.75) is 0 Å². The molecule has 0 bridgehead atoms. The molecular weight excluding hydrogens is 452 g/mol. The number of anilines is 2. The molecule has 4 heterocycles. The van der Waals surface area contributed by atoms with E-state index < -0.39 is 12.1 Å². The molecule has 0 fully saturated rings. The van der Waals surface area contributed by atoms with Crippen LogP contribution in [0.1, 0.15) is 0 Å². The minimum Gasteiger partial charge on any atom is -0.336 e. The molecule has 0 aliphatic heterocycles. The van der Waals surface area contributed by atoms with E-state index in [4.69, 9.17) is 0 Å². The van der Waals surface area contributed by atoms with Crippen molar-refractivity contribution in [1.29, 1.82) is 0 Å². The molecule has 162 valence electrons. The molecule has 0 aliphatic rings. The van der Waals surface area contributed by atoms with Crippen LogP contribution < -0.4 is 21.3 Å². The minimum atomic E-state index is -0.458. The molecule has 4 N–H and O–H groups in total. The van der Waals surface area contributed by atoms with Crippen molar-refractivity contribution in [1.82, 2.24) is 41.0 Å². The molecule has 12 nitrogen and oxygen atoms in total. The van der Waals surface area contributed by atoms with Crippen LogP contribution in [0.2, 0.25) is 0 Å². The maximum Gasteiger partial charge on any atom is 0.321 e. The second-order valence-electron chi connectivity index (χ2n) is 6.02. The van der Waals surface area contributed by atoms with Crippen LogP contribution in [0.25, 0.3) is 21.4 Å². The summed E-state index contributed by atoms with van der Waals surface area (Å²) in [6.07, 6.45) is 3.31. The van der Waals surface area contributed by atoms with Gasteiger partial charge in [0.25, 0.3) is 0 Å². The SMILES string of the molecule is O=C(NCCNC(=O)Nc1nnc(-c2ccccn2)s1)Nc1nnc(-c2ccccn2)s1. The first-order valence-corrected chi connectivity index (χ1v) is 10.9. The third kappa shape index (κ3) is 5.77. The smallest absolute Gasteiger partial charge is 0.321 e. The van der Waals surface area contributed by atoms with E-state index in [1.54, 1.807) is 24.5 Å². The Morgan fingerprint density at radius 3 is 1.56 bits per heavy atom. The summed E-state index contributed by atoms with van der Waals surface area (Å²) in [5.41, 5.74) is 1.35. The number of carbonyl (C=O) groups is 2. The summed E-state index contributed by atoms with van der Waals surface area (Å²) in [6, 6.07) is 10.00. The van der Waals surface area contributed by atoms with Crippen LogP contribution in [0, 0.1) is 0 Å². The molecule has 4 aromatic heterocycles. The van der Waals surface area contributed by atoms with Crippen molar-refractivity contribution in [3.05, 3.63) is 48.8 Å². The zero-order valence-corrected chi connectivity index (χ0v) is 18.0. The summed E-state index contributed by atoms with van der Waals surface area (Å²) in [7, 11) is 0. The van der Waals surface area contributed by atoms with Crippen molar-refractivity contribution in [2.75, 3.05) is 23.7 Å². The highest BCUT2D eigenvalue weighted by Gasteiger charge is 2.11. The molecule has 0 saturated heterocycles. The highest BCUT2D eigenvalue weighted by molar-refractivity contribution is 7.18. The Labute approximate surface area is 189 Å². The van der Waals surface area contributed by atoms with Gasteiger partial charge >= 0.3 is 12.1 Å². The first kappa shape index (κ1) is 21.2. The molecule has 0 unspecified atom stereocenters. The second-order valence-corrected chi connectivity index (χ2v) is 7.97. The van der Waals surface area contributed by atoms with Gasteiger partial charge in [-0.3, -0.25) is 20.6 Å². The second kappa shape index (κ2) is 10.3. The van der Waals surface area contributed by atoms with Crippen LogP contribution in [0.5, 0.6) is 0 Å². The standard InChI is InChI=1S/C18H16N10O2S2/c29-15(23-17-27-25-13(31-17)11-5-1-3-7-19-11)21-9-10-22-16(30)24-18-28-26-14(32-18)12-6-2-4-8-20-12/h1-8H,9-10H2,(H2,21,23,27,29)(H2,22,24,28,30). The zero-order chi connectivity index (χ0) is 22.2. The first-order chi connectivity index (χ1) is 15.7. The third-order valence-corrected chi connectivity index (χ3v) is 5.48. The molecule has 0 radical (unpaired) electrons. The Morgan fingerprint density at radius 1 is 0.688 bits per heavy atom. The summed E-state index contributed by atoms with van der Waals surface area (Å²) in [6.45, 7) is 0.418. The number of nitrogens with one attached hydrogen (secondary N) is 4. The number of pyridine rings is 2. The molecule has 0 aromatic carbocycles. The van der Waals surface area contributed by atoms with Crippen molar-refractivity contribution in [3.63, 3.8) is 0 Å². The Kier molecular flexibility index (Phi) is 6.84. The Hall–Kier alpha value is -4.04. The Morgan fingerprint density at radius 2 is 1.16 bits per heavy atom. The topological polar surface area (TPSA) is 160 Å². The number of rotatable bonds is 7. The molecule has 14 heteroatoms. The molecule has 4 aromatic rings. The number of carbonyl (C=O) groups excluding carboxylic acids is 2. The summed E-state index contributed by atoms with van der Waals surface area (Å²) < 4.78 is 0. The van der Waals surface area contributed by atoms with Gasteiger partial charge in [0.1, 0.15) is 11.4 Å². The molecule has 0 saturated carbocycles. The fraction of sp³-hybridized carbons (Fsp3) is 0.111. The maximum atomic E-state index is 12.0. The maximum absolute atomic E-state index is 12.0. The average molecular weight is 469 g/mol. The highest BCUT2D eigenvalue weighted by atomic mass is 32.1. The van der Waals surface area contributed by atoms with Gasteiger partial charge in [-0.2, -0.15) is 0 Å². The van der Waals surface area contributed by atoms with E-state index in [2.05, 4.69) is 51.6 Å². The van der Waals surface area contributed by atoms with E-state index in [0.29, 0.717) is 31.7 Å². The Bertz CT molecular complexity index is 1090. The normalized spacial score (nSPS) is 10.4. The van der Waals surface area contributed by atoms with Gasteiger partial charge in [0.05, 0.1) is 0 Å². The quantitative estimate of drug-likeness (QED) is 0.301. The van der Waals surface area contributed by atoms with Crippen molar-refractivity contribution in [2.24, 2.45) is 0 Å². The van der Waals surface area contributed by atoms with Crippen LogP contribution in [-0.4, -0.2) is 55.5 Å². The van der Waals surface area contributed by atoms with Crippen LogP contribution in [0.4, 0.5) is 19.9 Å². The average Bonchev–Trinajstić information content (AvgIpc) is 3.48. The van der Waals surface area contributed by atoms with E-state index in [1.807, 2.05) is 24.3 Å². The molecule has 0 aliphatic carbocycles. The first-order valence-electron chi connectivity index (χ1n) is 9.27. The van der Waals surface area contributed by atoms with Gasteiger partial charge in [-0.25, -0.2) is 9.59 Å². The van der Waals surface area contributed by atoms with E-state index in [9.17, 15) is 9.59 Å². The zero-order valence-electron chi connectivity index (χ0n) is 16.3. The van der Waals surface area contributed by atoms with Crippen LogP contribution in [0.15, 0.2) is 48.8 Å². The lowest BCUT2D eigenvalue weighted by Crippen LogP contribution is -2.38. The van der Waals surface area contributed by atoms with Gasteiger partial charge in [0.15, 0.2) is 10.0 Å². The van der Waals surface area contributed by atoms with Crippen LogP contribution >= 0.6 is 22.7 Å². The summed E-state index contributed by atoms with van der Waals surface area (Å²) in [4.78, 5) is 32.3. The summed E-state index contributed by atoms with van der Waals surface area (Å²) >= 11 is 2.41. The lowest BCUT2D eigenvalue weighted by Gasteiger charge is -2.07. The predicted octanol–water partition coefficient (Wildman–Crippen LogP) is 2.46. The molecule has 4 amide bonds. The predicted molar refractivity (Wildman–Crippen MR) is 120 cm³/mol. The van der Waals surface area contributed by atoms with Gasteiger partial charge in [-0.05, 0) is 24.3 Å². The minimum absolute atomic E-state index is 0.209. The third-order valence-electron chi connectivity index (χ3n) is 3.76. The monoisotopic (exact) mass is 468 g/mol. The fourth-order valence-corrected chi connectivity index (χ4v) is 3.80. The molecular formula is C18H16N10O2S2. The summed E-state index contributed by atoms with van der Waals surface area (Å²) in [5.74, 6) is 0. The van der Waals surface area contributed by atoms with E-state index in [-0.39, 0.29) is 13.1 Å². The van der Waals surface area contributed by atoms with Gasteiger partial charge < -0.3 is 10.6 Å². The Balaban J connectivity index is 1.16. The fourth-order valence-electron chi connectivity index (χ4n) is 2.37. The van der Waals surface area contributed by atoms with Gasteiger partial charge in [0, 0.05) is 25.5 Å². The molecule has 32 heavy (non-hydrogen) atoms. The van der Waals surface area contributed by atoms with Crippen molar-refractivity contribution >= 4 is 45.0 Å². The highest BCUT2D eigenvalue weighted by Crippen LogP contribution is 2.25. The molecule has 0 spiro atoms. The van der Waals surface area contributed by atoms with E-state index in [1.165, 1.54) is 22.7 Å². The van der Waals surface area contributed by atoms with E-state index in [0.717, 1.165) is 0 Å². The number of nitrogens with zero attached hydrogens (tertiary/aromatic N) is 6. The van der Waals surface area contributed by atoms with Gasteiger partial charge in [0.2, 0.25) is 10.3 Å². The molecule has 0 atom stereocenters. The lowest BCUT2D eigenvalue weighted by molar-refractivity contribution is 0.248. The lowest BCUT2D eigenvalue weighted by atomic mass is 10.4. The van der Waals surface area contributed by atoms with Gasteiger partial charge in [-0.15, -0.1) is 20.4 Å². The number of urea groups is 2.